The lowest BCUT2D eigenvalue weighted by atomic mass is 9.89. The topological polar surface area (TPSA) is 56.0 Å². The molecule has 0 aliphatic heterocycles. The Balaban J connectivity index is 1.55. The van der Waals surface area contributed by atoms with Gasteiger partial charge in [-0.15, -0.1) is 21.5 Å². The number of hydrogen-bond donors (Lipinski definition) is 0. The minimum atomic E-state index is 0.763. The summed E-state index contributed by atoms with van der Waals surface area (Å²) in [4.78, 5) is 11.7. The fourth-order valence-electron chi connectivity index (χ4n) is 3.44. The predicted octanol–water partition coefficient (Wildman–Crippen LogP) is 4.15. The van der Waals surface area contributed by atoms with Gasteiger partial charge in [0.1, 0.15) is 11.2 Å². The van der Waals surface area contributed by atoms with Gasteiger partial charge in [0.15, 0.2) is 10.8 Å². The Morgan fingerprint density at radius 3 is 3.12 bits per heavy atom. The number of aromatic nitrogens is 5. The molecule has 0 amide bonds. The van der Waals surface area contributed by atoms with Crippen LogP contribution in [0.15, 0.2) is 35.9 Å². The first-order valence-electron chi connectivity index (χ1n) is 8.46. The quantitative estimate of drug-likeness (QED) is 0.509. The lowest BCUT2D eigenvalue weighted by molar-refractivity contribution is 0.509. The summed E-state index contributed by atoms with van der Waals surface area (Å²) < 4.78 is 2.03. The third-order valence-electron chi connectivity index (χ3n) is 4.75. The maximum atomic E-state index is 4.70. The molecule has 0 radical (unpaired) electrons. The number of hydrogen-bond acceptors (Lipinski definition) is 6. The molecule has 0 aromatic carbocycles. The summed E-state index contributed by atoms with van der Waals surface area (Å²) in [5.41, 5.74) is 3.44. The first-order valence-corrected chi connectivity index (χ1v) is 10.3. The van der Waals surface area contributed by atoms with Crippen LogP contribution < -0.4 is 0 Å². The van der Waals surface area contributed by atoms with E-state index in [1.54, 1.807) is 11.8 Å². The molecule has 0 fully saturated rings. The van der Waals surface area contributed by atoms with Gasteiger partial charge in [-0.1, -0.05) is 24.8 Å². The molecule has 4 aromatic heterocycles. The molecule has 4 heterocycles. The summed E-state index contributed by atoms with van der Waals surface area (Å²) >= 11 is 3.48. The monoisotopic (exact) mass is 367 g/mol. The fraction of sp³-hybridized carbons (Fsp3) is 0.333. The number of nitrogens with zero attached hydrogens (tertiary/aromatic N) is 5. The van der Waals surface area contributed by atoms with Gasteiger partial charge >= 0.3 is 0 Å². The zero-order valence-electron chi connectivity index (χ0n) is 13.8. The van der Waals surface area contributed by atoms with Crippen LogP contribution >= 0.6 is 23.1 Å². The van der Waals surface area contributed by atoms with E-state index in [1.165, 1.54) is 22.2 Å². The number of thioether (sulfide) groups is 1. The second kappa shape index (κ2) is 6.07. The van der Waals surface area contributed by atoms with Gasteiger partial charge in [0, 0.05) is 16.8 Å². The van der Waals surface area contributed by atoms with E-state index in [0.717, 1.165) is 45.8 Å². The fourth-order valence-corrected chi connectivity index (χ4v) is 5.60. The molecule has 0 N–H and O–H groups in total. The van der Waals surface area contributed by atoms with Gasteiger partial charge in [-0.2, -0.15) is 0 Å². The lowest BCUT2D eigenvalue weighted by Crippen LogP contribution is -2.08. The summed E-state index contributed by atoms with van der Waals surface area (Å²) in [6, 6.07) is 5.97. The van der Waals surface area contributed by atoms with Gasteiger partial charge < -0.3 is 0 Å². The summed E-state index contributed by atoms with van der Waals surface area (Å²) in [7, 11) is 0. The second-order valence-corrected chi connectivity index (χ2v) is 8.59. The Kier molecular flexibility index (Phi) is 3.71. The molecule has 25 heavy (non-hydrogen) atoms. The molecular formula is C18H17N5S2. The SMILES string of the molecule is CC1CCc2c(sc3ncn4c(SCc5ccccn5)nnc4c23)C1. The van der Waals surface area contributed by atoms with Crippen LogP contribution in [0.5, 0.6) is 0 Å². The third kappa shape index (κ3) is 2.62. The normalized spacial score (nSPS) is 17.2. The van der Waals surface area contributed by atoms with Gasteiger partial charge in [0.25, 0.3) is 0 Å². The molecule has 1 aliphatic rings. The van der Waals surface area contributed by atoms with Gasteiger partial charge in [0.2, 0.25) is 0 Å². The molecule has 5 nitrogen and oxygen atoms in total. The molecular weight excluding hydrogens is 350 g/mol. The standard InChI is InChI=1S/C18H17N5S2/c1-11-5-6-13-14(8-11)25-17-15(13)16-21-22-18(23(16)10-20-17)24-9-12-4-2-3-7-19-12/h2-4,7,10-11H,5-6,8-9H2,1H3. The Morgan fingerprint density at radius 2 is 2.24 bits per heavy atom. The largest absolute Gasteiger partial charge is 0.260 e. The van der Waals surface area contributed by atoms with Crippen molar-refractivity contribution in [3.63, 3.8) is 0 Å². The molecule has 1 unspecified atom stereocenters. The second-order valence-electron chi connectivity index (χ2n) is 6.56. The van der Waals surface area contributed by atoms with Crippen molar-refractivity contribution in [1.29, 1.82) is 0 Å². The Bertz CT molecular complexity index is 1050. The first kappa shape index (κ1) is 15.3. The van der Waals surface area contributed by atoms with E-state index < -0.39 is 0 Å². The Morgan fingerprint density at radius 1 is 1.28 bits per heavy atom. The average Bonchev–Trinajstić information content (AvgIpc) is 3.20. The van der Waals surface area contributed by atoms with Crippen molar-refractivity contribution in [2.24, 2.45) is 5.92 Å². The molecule has 7 heteroatoms. The summed E-state index contributed by atoms with van der Waals surface area (Å²) in [6.45, 7) is 2.33. The van der Waals surface area contributed by atoms with Gasteiger partial charge in [-0.3, -0.25) is 9.38 Å². The lowest BCUT2D eigenvalue weighted by Gasteiger charge is -2.17. The van der Waals surface area contributed by atoms with E-state index in [-0.39, 0.29) is 0 Å². The highest BCUT2D eigenvalue weighted by atomic mass is 32.2. The number of rotatable bonds is 3. The Hall–Kier alpha value is -1.99. The highest BCUT2D eigenvalue weighted by Gasteiger charge is 2.23. The van der Waals surface area contributed by atoms with E-state index >= 15 is 0 Å². The predicted molar refractivity (Wildman–Crippen MR) is 101 cm³/mol. The van der Waals surface area contributed by atoms with Crippen molar-refractivity contribution < 1.29 is 0 Å². The third-order valence-corrected chi connectivity index (χ3v) is 6.89. The molecule has 4 aromatic rings. The first-order chi connectivity index (χ1) is 12.3. The van der Waals surface area contributed by atoms with Crippen molar-refractivity contribution in [1.82, 2.24) is 24.6 Å². The maximum Gasteiger partial charge on any atom is 0.197 e. The molecule has 0 saturated carbocycles. The van der Waals surface area contributed by atoms with E-state index in [1.807, 2.05) is 46.5 Å². The van der Waals surface area contributed by atoms with Crippen LogP contribution in [0.25, 0.3) is 15.9 Å². The van der Waals surface area contributed by atoms with Crippen LogP contribution in [0, 0.1) is 5.92 Å². The minimum absolute atomic E-state index is 0.763. The zero-order chi connectivity index (χ0) is 16.8. The molecule has 0 spiro atoms. The number of aryl methyl sites for hydroxylation is 1. The molecule has 0 bridgehead atoms. The molecule has 1 atom stereocenters. The smallest absolute Gasteiger partial charge is 0.197 e. The van der Waals surface area contributed by atoms with Crippen molar-refractivity contribution in [3.05, 3.63) is 46.9 Å². The molecule has 5 rings (SSSR count). The average molecular weight is 368 g/mol. The van der Waals surface area contributed by atoms with Crippen molar-refractivity contribution in [2.45, 2.75) is 37.1 Å². The summed E-state index contributed by atoms with van der Waals surface area (Å²) in [5, 5.41) is 11.0. The highest BCUT2D eigenvalue weighted by molar-refractivity contribution is 7.98. The number of pyridine rings is 1. The van der Waals surface area contributed by atoms with Crippen molar-refractivity contribution in [3.8, 4) is 0 Å². The van der Waals surface area contributed by atoms with Crippen LogP contribution in [0.1, 0.15) is 29.5 Å². The summed E-state index contributed by atoms with van der Waals surface area (Å²) in [5.74, 6) is 1.54. The van der Waals surface area contributed by atoms with Crippen molar-refractivity contribution in [2.75, 3.05) is 0 Å². The minimum Gasteiger partial charge on any atom is -0.260 e. The molecule has 1 aliphatic carbocycles. The molecule has 0 saturated heterocycles. The van der Waals surface area contributed by atoms with Crippen LogP contribution in [-0.2, 0) is 18.6 Å². The maximum absolute atomic E-state index is 4.70. The van der Waals surface area contributed by atoms with Crippen LogP contribution in [-0.4, -0.2) is 24.6 Å². The highest BCUT2D eigenvalue weighted by Crippen LogP contribution is 2.39. The molecule has 126 valence electrons. The van der Waals surface area contributed by atoms with Gasteiger partial charge in [-0.05, 0) is 42.9 Å². The van der Waals surface area contributed by atoms with Crippen LogP contribution in [0.4, 0.5) is 0 Å². The van der Waals surface area contributed by atoms with Crippen molar-refractivity contribution >= 4 is 39.0 Å². The van der Waals surface area contributed by atoms with E-state index in [2.05, 4.69) is 22.1 Å². The van der Waals surface area contributed by atoms with Gasteiger partial charge in [-0.25, -0.2) is 4.98 Å². The van der Waals surface area contributed by atoms with E-state index in [4.69, 9.17) is 4.98 Å². The zero-order valence-corrected chi connectivity index (χ0v) is 15.5. The van der Waals surface area contributed by atoms with E-state index in [9.17, 15) is 0 Å². The van der Waals surface area contributed by atoms with Gasteiger partial charge in [0.05, 0.1) is 11.1 Å². The summed E-state index contributed by atoms with van der Waals surface area (Å²) in [6.07, 6.45) is 7.22. The Labute approximate surface area is 153 Å². The number of thiophene rings is 1. The number of fused-ring (bicyclic) bond motifs is 5. The van der Waals surface area contributed by atoms with Crippen LogP contribution in [0.2, 0.25) is 0 Å². The van der Waals surface area contributed by atoms with E-state index in [0.29, 0.717) is 0 Å². The van der Waals surface area contributed by atoms with Crippen LogP contribution in [0.3, 0.4) is 0 Å².